The maximum atomic E-state index is 11.1. The summed E-state index contributed by atoms with van der Waals surface area (Å²) in [4.78, 5) is 13.7. The fourth-order valence-electron chi connectivity index (χ4n) is 2.60. The number of carbonyl (C=O) groups excluding carboxylic acids is 1. The Labute approximate surface area is 111 Å². The molecule has 1 saturated heterocycles. The van der Waals surface area contributed by atoms with E-state index in [0.29, 0.717) is 12.5 Å². The van der Waals surface area contributed by atoms with Gasteiger partial charge in [0.1, 0.15) is 0 Å². The Morgan fingerprint density at radius 1 is 1.33 bits per heavy atom. The molecule has 0 saturated carbocycles. The summed E-state index contributed by atoms with van der Waals surface area (Å²) < 4.78 is 0. The number of hydrogen-bond donors (Lipinski definition) is 2. The summed E-state index contributed by atoms with van der Waals surface area (Å²) in [5.74, 6) is -0.398. The molecule has 0 radical (unpaired) electrons. The highest BCUT2D eigenvalue weighted by Crippen LogP contribution is 2.17. The summed E-state index contributed by atoms with van der Waals surface area (Å²) in [6, 6.07) is 0.702. The third-order valence-corrected chi connectivity index (χ3v) is 4.14. The molecule has 4 nitrogen and oxygen atoms in total. The van der Waals surface area contributed by atoms with Crippen LogP contribution in [0.4, 0.5) is 0 Å². The third-order valence-electron chi connectivity index (χ3n) is 4.14. The molecule has 2 atom stereocenters. The van der Waals surface area contributed by atoms with Crippen molar-refractivity contribution in [1.29, 1.82) is 0 Å². The van der Waals surface area contributed by atoms with E-state index in [1.54, 1.807) is 6.92 Å². The molecule has 4 heteroatoms. The Balaban J connectivity index is 2.22. The van der Waals surface area contributed by atoms with Gasteiger partial charge in [0, 0.05) is 6.04 Å². The number of primary amides is 1. The molecule has 1 amide bonds. The maximum Gasteiger partial charge on any atom is 0.237 e. The van der Waals surface area contributed by atoms with Gasteiger partial charge in [-0.2, -0.15) is 0 Å². The van der Waals surface area contributed by atoms with Crippen LogP contribution in [0.15, 0.2) is 0 Å². The number of rotatable bonds is 6. The van der Waals surface area contributed by atoms with Gasteiger partial charge in [0.05, 0.1) is 5.54 Å². The number of carbonyl (C=O) groups is 1. The second kappa shape index (κ2) is 7.10. The molecule has 0 aromatic carbocycles. The molecule has 1 fully saturated rings. The van der Waals surface area contributed by atoms with Crippen molar-refractivity contribution in [3.05, 3.63) is 0 Å². The SMILES string of the molecule is CC1CCCCCN1CCCCC(C)(N)C(N)=O. The molecule has 0 spiro atoms. The van der Waals surface area contributed by atoms with E-state index in [0.717, 1.165) is 19.4 Å². The van der Waals surface area contributed by atoms with Crippen LogP contribution in [0.2, 0.25) is 0 Å². The molecule has 2 unspecified atom stereocenters. The maximum absolute atomic E-state index is 11.1. The number of likely N-dealkylation sites (tertiary alicyclic amines) is 1. The van der Waals surface area contributed by atoms with Crippen LogP contribution in [0.3, 0.4) is 0 Å². The monoisotopic (exact) mass is 255 g/mol. The average molecular weight is 255 g/mol. The first-order chi connectivity index (χ1) is 8.43. The molecule has 1 aliphatic rings. The zero-order chi connectivity index (χ0) is 13.6. The molecule has 1 rings (SSSR count). The van der Waals surface area contributed by atoms with E-state index in [-0.39, 0.29) is 0 Å². The summed E-state index contributed by atoms with van der Waals surface area (Å²) in [6.07, 6.45) is 8.12. The van der Waals surface area contributed by atoms with Crippen LogP contribution in [0.25, 0.3) is 0 Å². The minimum atomic E-state index is -0.843. The fourth-order valence-corrected chi connectivity index (χ4v) is 2.60. The Hall–Kier alpha value is -0.610. The highest BCUT2D eigenvalue weighted by Gasteiger charge is 2.25. The van der Waals surface area contributed by atoms with Crippen molar-refractivity contribution in [2.24, 2.45) is 11.5 Å². The van der Waals surface area contributed by atoms with Crippen LogP contribution in [-0.4, -0.2) is 35.5 Å². The van der Waals surface area contributed by atoms with E-state index in [1.807, 2.05) is 0 Å². The summed E-state index contributed by atoms with van der Waals surface area (Å²) >= 11 is 0. The van der Waals surface area contributed by atoms with E-state index in [2.05, 4.69) is 11.8 Å². The summed E-state index contributed by atoms with van der Waals surface area (Å²) in [6.45, 7) is 6.39. The van der Waals surface area contributed by atoms with Crippen molar-refractivity contribution in [3.63, 3.8) is 0 Å². The van der Waals surface area contributed by atoms with Gasteiger partial charge >= 0.3 is 0 Å². The first-order valence-electron chi connectivity index (χ1n) is 7.26. The van der Waals surface area contributed by atoms with Crippen molar-refractivity contribution in [3.8, 4) is 0 Å². The van der Waals surface area contributed by atoms with Crippen LogP contribution in [-0.2, 0) is 4.79 Å². The van der Waals surface area contributed by atoms with Crippen molar-refractivity contribution >= 4 is 5.91 Å². The Morgan fingerprint density at radius 3 is 2.72 bits per heavy atom. The van der Waals surface area contributed by atoms with Crippen LogP contribution in [0.1, 0.15) is 58.8 Å². The molecule has 0 aliphatic carbocycles. The van der Waals surface area contributed by atoms with Gasteiger partial charge in [0.15, 0.2) is 0 Å². The zero-order valence-electron chi connectivity index (χ0n) is 12.0. The standard InChI is InChI=1S/C14H29N3O/c1-12-8-4-3-6-10-17(12)11-7-5-9-14(2,16)13(15)18/h12H,3-11,16H2,1-2H3,(H2,15,18). The van der Waals surface area contributed by atoms with Crippen LogP contribution in [0.5, 0.6) is 0 Å². The highest BCUT2D eigenvalue weighted by molar-refractivity contribution is 5.83. The van der Waals surface area contributed by atoms with Crippen LogP contribution < -0.4 is 11.5 Å². The molecule has 1 heterocycles. The van der Waals surface area contributed by atoms with Gasteiger partial charge in [-0.15, -0.1) is 0 Å². The third kappa shape index (κ3) is 4.94. The van der Waals surface area contributed by atoms with Gasteiger partial charge in [-0.05, 0) is 59.0 Å². The topological polar surface area (TPSA) is 72.3 Å². The minimum Gasteiger partial charge on any atom is -0.368 e. The van der Waals surface area contributed by atoms with Gasteiger partial charge in [0.2, 0.25) is 5.91 Å². The summed E-state index contributed by atoms with van der Waals surface area (Å²) in [7, 11) is 0. The van der Waals surface area contributed by atoms with Gasteiger partial charge in [0.25, 0.3) is 0 Å². The quantitative estimate of drug-likeness (QED) is 0.708. The van der Waals surface area contributed by atoms with Gasteiger partial charge in [-0.3, -0.25) is 4.79 Å². The van der Waals surface area contributed by atoms with E-state index in [9.17, 15) is 4.79 Å². The number of hydrogen-bond acceptors (Lipinski definition) is 3. The van der Waals surface area contributed by atoms with E-state index < -0.39 is 11.4 Å². The van der Waals surface area contributed by atoms with E-state index in [1.165, 1.54) is 32.2 Å². The summed E-state index contributed by atoms with van der Waals surface area (Å²) in [5.41, 5.74) is 10.3. The van der Waals surface area contributed by atoms with Gasteiger partial charge in [-0.1, -0.05) is 12.8 Å². The Bertz CT molecular complexity index is 266. The lowest BCUT2D eigenvalue weighted by molar-refractivity contribution is -0.122. The molecule has 4 N–H and O–H groups in total. The molecule has 106 valence electrons. The predicted octanol–water partition coefficient (Wildman–Crippen LogP) is 1.62. The summed E-state index contributed by atoms with van der Waals surface area (Å²) in [5, 5.41) is 0. The number of nitrogens with two attached hydrogens (primary N) is 2. The lowest BCUT2D eigenvalue weighted by Gasteiger charge is -2.27. The number of unbranched alkanes of at least 4 members (excludes halogenated alkanes) is 1. The number of nitrogens with zero attached hydrogens (tertiary/aromatic N) is 1. The van der Waals surface area contributed by atoms with Gasteiger partial charge < -0.3 is 16.4 Å². The number of amides is 1. The molecule has 1 aliphatic heterocycles. The van der Waals surface area contributed by atoms with E-state index in [4.69, 9.17) is 11.5 Å². The largest absolute Gasteiger partial charge is 0.368 e. The van der Waals surface area contributed by atoms with Crippen molar-refractivity contribution in [2.75, 3.05) is 13.1 Å². The lowest BCUT2D eigenvalue weighted by atomic mass is 9.95. The lowest BCUT2D eigenvalue weighted by Crippen LogP contribution is -2.49. The average Bonchev–Trinajstić information content (AvgIpc) is 2.50. The highest BCUT2D eigenvalue weighted by atomic mass is 16.1. The second-order valence-corrected chi connectivity index (χ2v) is 5.97. The first-order valence-corrected chi connectivity index (χ1v) is 7.26. The predicted molar refractivity (Wildman–Crippen MR) is 75.1 cm³/mol. The Kier molecular flexibility index (Phi) is 6.09. The molecule has 18 heavy (non-hydrogen) atoms. The fraction of sp³-hybridized carbons (Fsp3) is 0.929. The van der Waals surface area contributed by atoms with Crippen molar-refractivity contribution in [2.45, 2.75) is 70.4 Å². The molecule has 0 aromatic heterocycles. The molecular weight excluding hydrogens is 226 g/mol. The smallest absolute Gasteiger partial charge is 0.237 e. The molecular formula is C14H29N3O. The van der Waals surface area contributed by atoms with Crippen molar-refractivity contribution in [1.82, 2.24) is 4.90 Å². The second-order valence-electron chi connectivity index (χ2n) is 5.97. The molecule has 0 aromatic rings. The van der Waals surface area contributed by atoms with Crippen LogP contribution >= 0.6 is 0 Å². The zero-order valence-corrected chi connectivity index (χ0v) is 12.0. The van der Waals surface area contributed by atoms with E-state index >= 15 is 0 Å². The van der Waals surface area contributed by atoms with Crippen LogP contribution in [0, 0.1) is 0 Å². The normalized spacial score (nSPS) is 25.4. The van der Waals surface area contributed by atoms with Crippen molar-refractivity contribution < 1.29 is 4.79 Å². The minimum absolute atomic E-state index is 0.398. The van der Waals surface area contributed by atoms with Gasteiger partial charge in [-0.25, -0.2) is 0 Å². The first kappa shape index (κ1) is 15.4. The Morgan fingerprint density at radius 2 is 2.06 bits per heavy atom. The molecule has 0 bridgehead atoms.